The van der Waals surface area contributed by atoms with Gasteiger partial charge in [-0.3, -0.25) is 9.59 Å². The summed E-state index contributed by atoms with van der Waals surface area (Å²) in [6, 6.07) is 2.31. The Morgan fingerprint density at radius 1 is 1.24 bits per heavy atom. The predicted molar refractivity (Wildman–Crippen MR) is 77.0 cm³/mol. The van der Waals surface area contributed by atoms with E-state index in [1.54, 1.807) is 0 Å². The van der Waals surface area contributed by atoms with Crippen LogP contribution < -0.4 is 5.32 Å². The first-order valence-electron chi connectivity index (χ1n) is 8.18. The third kappa shape index (κ3) is 2.41. The van der Waals surface area contributed by atoms with Crippen molar-refractivity contribution in [1.29, 1.82) is 5.26 Å². The molecule has 2 atom stereocenters. The van der Waals surface area contributed by atoms with Crippen LogP contribution in [-0.2, 0) is 9.59 Å². The minimum absolute atomic E-state index is 0.0156. The van der Waals surface area contributed by atoms with Crippen LogP contribution in [0.3, 0.4) is 0 Å². The molecule has 2 heterocycles. The molecule has 5 heteroatoms. The van der Waals surface area contributed by atoms with Crippen molar-refractivity contribution >= 4 is 11.8 Å². The van der Waals surface area contributed by atoms with Crippen LogP contribution in [0, 0.1) is 22.7 Å². The lowest BCUT2D eigenvalue weighted by Gasteiger charge is -2.40. The Labute approximate surface area is 125 Å². The number of hydrogen-bond acceptors (Lipinski definition) is 3. The number of likely N-dealkylation sites (tertiary alicyclic amines) is 1. The maximum atomic E-state index is 13.1. The predicted octanol–water partition coefficient (Wildman–Crippen LogP) is 1.59. The summed E-state index contributed by atoms with van der Waals surface area (Å²) >= 11 is 0. The molecule has 0 bridgehead atoms. The van der Waals surface area contributed by atoms with Crippen LogP contribution in [0.1, 0.15) is 51.4 Å². The molecule has 0 aromatic heterocycles. The van der Waals surface area contributed by atoms with Gasteiger partial charge in [-0.05, 0) is 25.7 Å². The summed E-state index contributed by atoms with van der Waals surface area (Å²) in [7, 11) is 0. The summed E-state index contributed by atoms with van der Waals surface area (Å²) in [4.78, 5) is 26.8. The molecule has 21 heavy (non-hydrogen) atoms. The second-order valence-corrected chi connectivity index (χ2v) is 6.67. The van der Waals surface area contributed by atoms with Crippen LogP contribution in [0.15, 0.2) is 0 Å². The quantitative estimate of drug-likeness (QED) is 0.745. The number of nitrogens with zero attached hydrogens (tertiary/aromatic N) is 2. The van der Waals surface area contributed by atoms with E-state index < -0.39 is 5.41 Å². The van der Waals surface area contributed by atoms with E-state index in [4.69, 9.17) is 0 Å². The molecular weight excluding hydrogens is 266 g/mol. The lowest BCUT2D eigenvalue weighted by Crippen LogP contribution is -2.53. The molecular formula is C16H23N3O2. The molecule has 3 rings (SSSR count). The third-order valence-electron chi connectivity index (χ3n) is 5.44. The van der Waals surface area contributed by atoms with Crippen LogP contribution >= 0.6 is 0 Å². The average molecular weight is 289 g/mol. The standard InChI is InChI=1S/C16H23N3O2/c17-11-16(7-3-1-2-4-8-16)15(21)19-9-5-6-12-13(19)10-18-14(12)20/h12-13H,1-10H2,(H,18,20). The lowest BCUT2D eigenvalue weighted by molar-refractivity contribution is -0.145. The molecule has 1 aliphatic carbocycles. The highest BCUT2D eigenvalue weighted by Crippen LogP contribution is 2.39. The van der Waals surface area contributed by atoms with Gasteiger partial charge in [-0.1, -0.05) is 25.7 Å². The molecule has 2 aliphatic heterocycles. The molecule has 114 valence electrons. The van der Waals surface area contributed by atoms with Gasteiger partial charge in [0.15, 0.2) is 0 Å². The molecule has 1 saturated carbocycles. The second kappa shape index (κ2) is 5.67. The summed E-state index contributed by atoms with van der Waals surface area (Å²) in [5, 5.41) is 12.6. The molecule has 3 fully saturated rings. The molecule has 3 aliphatic rings. The molecule has 0 aromatic rings. The second-order valence-electron chi connectivity index (χ2n) is 6.67. The highest BCUT2D eigenvalue weighted by molar-refractivity contribution is 5.88. The van der Waals surface area contributed by atoms with Gasteiger partial charge >= 0.3 is 0 Å². The van der Waals surface area contributed by atoms with Crippen molar-refractivity contribution in [2.75, 3.05) is 13.1 Å². The fourth-order valence-electron chi connectivity index (χ4n) is 4.18. The van der Waals surface area contributed by atoms with Crippen LogP contribution in [0.25, 0.3) is 0 Å². The van der Waals surface area contributed by atoms with E-state index in [-0.39, 0.29) is 23.8 Å². The number of hydrogen-bond donors (Lipinski definition) is 1. The number of carbonyl (C=O) groups is 2. The number of fused-ring (bicyclic) bond motifs is 1. The molecule has 5 nitrogen and oxygen atoms in total. The number of rotatable bonds is 1. The monoisotopic (exact) mass is 289 g/mol. The van der Waals surface area contributed by atoms with Crippen molar-refractivity contribution in [1.82, 2.24) is 10.2 Å². The Morgan fingerprint density at radius 3 is 2.62 bits per heavy atom. The maximum absolute atomic E-state index is 13.1. The largest absolute Gasteiger partial charge is 0.354 e. The zero-order chi connectivity index (χ0) is 14.9. The topological polar surface area (TPSA) is 73.2 Å². The molecule has 1 N–H and O–H groups in total. The van der Waals surface area contributed by atoms with Crippen LogP contribution in [0.2, 0.25) is 0 Å². The number of nitrogens with one attached hydrogen (secondary N) is 1. The van der Waals surface area contributed by atoms with Crippen molar-refractivity contribution in [2.24, 2.45) is 11.3 Å². The van der Waals surface area contributed by atoms with E-state index in [1.165, 1.54) is 0 Å². The minimum atomic E-state index is -0.843. The van der Waals surface area contributed by atoms with Crippen molar-refractivity contribution < 1.29 is 9.59 Å². The van der Waals surface area contributed by atoms with Crippen molar-refractivity contribution in [3.05, 3.63) is 0 Å². The first-order chi connectivity index (χ1) is 10.2. The van der Waals surface area contributed by atoms with E-state index in [1.807, 2.05) is 4.90 Å². The molecule has 0 spiro atoms. The van der Waals surface area contributed by atoms with Gasteiger partial charge in [0.05, 0.1) is 18.0 Å². The van der Waals surface area contributed by atoms with Gasteiger partial charge in [-0.25, -0.2) is 0 Å². The normalized spacial score (nSPS) is 31.8. The zero-order valence-electron chi connectivity index (χ0n) is 12.4. The van der Waals surface area contributed by atoms with Crippen LogP contribution in [-0.4, -0.2) is 35.8 Å². The van der Waals surface area contributed by atoms with Crippen molar-refractivity contribution in [3.8, 4) is 6.07 Å². The van der Waals surface area contributed by atoms with Crippen molar-refractivity contribution in [2.45, 2.75) is 57.4 Å². The van der Waals surface area contributed by atoms with Gasteiger partial charge in [0.25, 0.3) is 0 Å². The summed E-state index contributed by atoms with van der Waals surface area (Å²) in [5.41, 5.74) is -0.843. The van der Waals surface area contributed by atoms with E-state index in [2.05, 4.69) is 11.4 Å². The van der Waals surface area contributed by atoms with E-state index in [0.717, 1.165) is 38.5 Å². The Bertz CT molecular complexity index is 474. The Balaban J connectivity index is 1.82. The highest BCUT2D eigenvalue weighted by atomic mass is 16.2. The van der Waals surface area contributed by atoms with Crippen LogP contribution in [0.5, 0.6) is 0 Å². The number of piperidine rings is 1. The molecule has 2 amide bonds. The zero-order valence-corrected chi connectivity index (χ0v) is 12.4. The number of nitriles is 1. The SMILES string of the molecule is N#CC1(C(=O)N2CCCC3C(=O)NCC32)CCCCCC1. The Kier molecular flexibility index (Phi) is 3.88. The molecule has 0 radical (unpaired) electrons. The van der Waals surface area contributed by atoms with E-state index in [9.17, 15) is 14.9 Å². The first-order valence-corrected chi connectivity index (χ1v) is 8.18. The fourth-order valence-corrected chi connectivity index (χ4v) is 4.18. The van der Waals surface area contributed by atoms with Crippen LogP contribution in [0.4, 0.5) is 0 Å². The summed E-state index contributed by atoms with van der Waals surface area (Å²) in [5.74, 6) is -0.00769. The van der Waals surface area contributed by atoms with E-state index >= 15 is 0 Å². The maximum Gasteiger partial charge on any atom is 0.243 e. The molecule has 2 saturated heterocycles. The molecule has 2 unspecified atom stereocenters. The minimum Gasteiger partial charge on any atom is -0.354 e. The Hall–Kier alpha value is -1.57. The summed E-state index contributed by atoms with van der Waals surface area (Å²) < 4.78 is 0. The number of amides is 2. The van der Waals surface area contributed by atoms with Gasteiger partial charge in [-0.2, -0.15) is 5.26 Å². The highest BCUT2D eigenvalue weighted by Gasteiger charge is 2.48. The van der Waals surface area contributed by atoms with Gasteiger partial charge in [0.1, 0.15) is 5.41 Å². The third-order valence-corrected chi connectivity index (χ3v) is 5.44. The van der Waals surface area contributed by atoms with Gasteiger partial charge < -0.3 is 10.2 Å². The van der Waals surface area contributed by atoms with E-state index in [0.29, 0.717) is 25.9 Å². The van der Waals surface area contributed by atoms with Crippen molar-refractivity contribution in [3.63, 3.8) is 0 Å². The fraction of sp³-hybridized carbons (Fsp3) is 0.812. The summed E-state index contributed by atoms with van der Waals surface area (Å²) in [6.07, 6.45) is 7.22. The van der Waals surface area contributed by atoms with Gasteiger partial charge in [-0.15, -0.1) is 0 Å². The lowest BCUT2D eigenvalue weighted by atomic mass is 9.78. The van der Waals surface area contributed by atoms with Gasteiger partial charge in [0, 0.05) is 13.1 Å². The molecule has 0 aromatic carbocycles. The number of carbonyl (C=O) groups excluding carboxylic acids is 2. The summed E-state index contributed by atoms with van der Waals surface area (Å²) in [6.45, 7) is 1.25. The van der Waals surface area contributed by atoms with Gasteiger partial charge in [0.2, 0.25) is 11.8 Å². The Morgan fingerprint density at radius 2 is 1.95 bits per heavy atom. The average Bonchev–Trinajstić information content (AvgIpc) is 2.76. The first kappa shape index (κ1) is 14.4. The smallest absolute Gasteiger partial charge is 0.243 e.